The molecular weight excluding hydrogens is 238 g/mol. The van der Waals surface area contributed by atoms with Crippen molar-refractivity contribution in [2.75, 3.05) is 18.6 Å². The quantitative estimate of drug-likeness (QED) is 0.880. The molecule has 19 heavy (non-hydrogen) atoms. The standard InChI is InChI=1S/C15H21N3O/c1-15(2,10-19)18(3)14-8-11(9-16)12-6-4-5-7-13(12)17-14/h4-8,19H,9-10,16H2,1-3H3. The normalized spacial score (nSPS) is 11.8. The monoisotopic (exact) mass is 259 g/mol. The van der Waals surface area contributed by atoms with Crippen LogP contribution in [0.25, 0.3) is 10.9 Å². The van der Waals surface area contributed by atoms with Crippen molar-refractivity contribution in [2.45, 2.75) is 25.9 Å². The Kier molecular flexibility index (Phi) is 3.73. The Hall–Kier alpha value is -1.65. The molecule has 0 saturated heterocycles. The highest BCUT2D eigenvalue weighted by atomic mass is 16.3. The first kappa shape index (κ1) is 13.8. The summed E-state index contributed by atoms with van der Waals surface area (Å²) in [7, 11) is 1.94. The number of aliphatic hydroxyl groups excluding tert-OH is 1. The molecule has 1 aromatic heterocycles. The van der Waals surface area contributed by atoms with E-state index in [4.69, 9.17) is 5.73 Å². The van der Waals surface area contributed by atoms with Crippen LogP contribution in [0, 0.1) is 0 Å². The van der Waals surface area contributed by atoms with Crippen molar-refractivity contribution >= 4 is 16.7 Å². The maximum Gasteiger partial charge on any atom is 0.129 e. The fraction of sp³-hybridized carbons (Fsp3) is 0.400. The van der Waals surface area contributed by atoms with E-state index in [9.17, 15) is 5.11 Å². The molecule has 0 amide bonds. The van der Waals surface area contributed by atoms with E-state index in [1.165, 1.54) is 0 Å². The van der Waals surface area contributed by atoms with Crippen molar-refractivity contribution < 1.29 is 5.11 Å². The van der Waals surface area contributed by atoms with Crippen LogP contribution in [-0.4, -0.2) is 29.3 Å². The third kappa shape index (κ3) is 2.55. The number of likely N-dealkylation sites (N-methyl/N-ethyl adjacent to an activating group) is 1. The van der Waals surface area contributed by atoms with Gasteiger partial charge in [-0.1, -0.05) is 18.2 Å². The Labute approximate surface area is 113 Å². The van der Waals surface area contributed by atoms with Gasteiger partial charge in [-0.3, -0.25) is 0 Å². The lowest BCUT2D eigenvalue weighted by atomic mass is 10.0. The third-order valence-corrected chi connectivity index (χ3v) is 3.65. The van der Waals surface area contributed by atoms with Gasteiger partial charge in [0.25, 0.3) is 0 Å². The van der Waals surface area contributed by atoms with Crippen LogP contribution >= 0.6 is 0 Å². The van der Waals surface area contributed by atoms with Crippen molar-refractivity contribution in [2.24, 2.45) is 5.73 Å². The summed E-state index contributed by atoms with van der Waals surface area (Å²) in [6.45, 7) is 4.50. The van der Waals surface area contributed by atoms with Gasteiger partial charge < -0.3 is 15.7 Å². The van der Waals surface area contributed by atoms with Gasteiger partial charge >= 0.3 is 0 Å². The van der Waals surface area contributed by atoms with Crippen LogP contribution in [0.1, 0.15) is 19.4 Å². The third-order valence-electron chi connectivity index (χ3n) is 3.65. The lowest BCUT2D eigenvalue weighted by Crippen LogP contribution is -2.44. The zero-order valence-electron chi connectivity index (χ0n) is 11.7. The number of aliphatic hydroxyl groups is 1. The average Bonchev–Trinajstić information content (AvgIpc) is 2.45. The van der Waals surface area contributed by atoms with Crippen LogP contribution in [0.4, 0.5) is 5.82 Å². The molecule has 0 atom stereocenters. The number of fused-ring (bicyclic) bond motifs is 1. The van der Waals surface area contributed by atoms with E-state index in [2.05, 4.69) is 4.98 Å². The first-order chi connectivity index (χ1) is 8.99. The highest BCUT2D eigenvalue weighted by Crippen LogP contribution is 2.25. The Morgan fingerprint density at radius 2 is 2.00 bits per heavy atom. The van der Waals surface area contributed by atoms with E-state index in [1.807, 2.05) is 56.1 Å². The van der Waals surface area contributed by atoms with E-state index < -0.39 is 0 Å². The summed E-state index contributed by atoms with van der Waals surface area (Å²) in [4.78, 5) is 6.64. The van der Waals surface area contributed by atoms with E-state index in [0.29, 0.717) is 6.54 Å². The maximum absolute atomic E-state index is 9.47. The van der Waals surface area contributed by atoms with Gasteiger partial charge in [-0.25, -0.2) is 4.98 Å². The van der Waals surface area contributed by atoms with Gasteiger partial charge in [0.05, 0.1) is 17.7 Å². The Bertz CT molecular complexity index is 581. The summed E-state index contributed by atoms with van der Waals surface area (Å²) < 4.78 is 0. The number of rotatable bonds is 4. The number of anilines is 1. The fourth-order valence-electron chi connectivity index (χ4n) is 1.99. The van der Waals surface area contributed by atoms with Gasteiger partial charge in [0.1, 0.15) is 5.82 Å². The van der Waals surface area contributed by atoms with E-state index in [1.54, 1.807) is 0 Å². The molecule has 102 valence electrons. The van der Waals surface area contributed by atoms with Crippen molar-refractivity contribution in [3.05, 3.63) is 35.9 Å². The molecule has 0 aliphatic heterocycles. The first-order valence-corrected chi connectivity index (χ1v) is 6.43. The molecule has 0 bridgehead atoms. The number of nitrogens with two attached hydrogens (primary N) is 1. The zero-order chi connectivity index (χ0) is 14.0. The predicted molar refractivity (Wildman–Crippen MR) is 79.2 cm³/mol. The summed E-state index contributed by atoms with van der Waals surface area (Å²) in [6, 6.07) is 9.98. The highest BCUT2D eigenvalue weighted by molar-refractivity contribution is 5.84. The number of hydrogen-bond acceptors (Lipinski definition) is 4. The zero-order valence-corrected chi connectivity index (χ0v) is 11.7. The maximum atomic E-state index is 9.47. The SMILES string of the molecule is CN(c1cc(CN)c2ccccc2n1)C(C)(C)CO. The minimum Gasteiger partial charge on any atom is -0.394 e. The molecule has 0 unspecified atom stereocenters. The molecule has 2 aromatic rings. The molecule has 1 aromatic carbocycles. The van der Waals surface area contributed by atoms with Crippen LogP contribution in [-0.2, 0) is 6.54 Å². The Morgan fingerprint density at radius 3 is 2.63 bits per heavy atom. The second-order valence-corrected chi connectivity index (χ2v) is 5.39. The molecule has 1 heterocycles. The highest BCUT2D eigenvalue weighted by Gasteiger charge is 2.24. The average molecular weight is 259 g/mol. The molecule has 4 nitrogen and oxygen atoms in total. The second kappa shape index (κ2) is 5.15. The molecule has 0 aliphatic carbocycles. The molecule has 3 N–H and O–H groups in total. The smallest absolute Gasteiger partial charge is 0.129 e. The number of benzene rings is 1. The van der Waals surface area contributed by atoms with Gasteiger partial charge in [0.15, 0.2) is 0 Å². The summed E-state index contributed by atoms with van der Waals surface area (Å²) in [6.07, 6.45) is 0. The van der Waals surface area contributed by atoms with Gasteiger partial charge in [0, 0.05) is 19.0 Å². The van der Waals surface area contributed by atoms with Gasteiger partial charge in [-0.05, 0) is 31.5 Å². The molecule has 0 fully saturated rings. The van der Waals surface area contributed by atoms with E-state index >= 15 is 0 Å². The van der Waals surface area contributed by atoms with Crippen molar-refractivity contribution in [1.82, 2.24) is 4.98 Å². The number of pyridine rings is 1. The number of hydrogen-bond donors (Lipinski definition) is 2. The van der Waals surface area contributed by atoms with Crippen LogP contribution in [0.5, 0.6) is 0 Å². The first-order valence-electron chi connectivity index (χ1n) is 6.43. The molecule has 4 heteroatoms. The van der Waals surface area contributed by atoms with E-state index in [-0.39, 0.29) is 12.1 Å². The minimum atomic E-state index is -0.360. The number of para-hydroxylation sites is 1. The summed E-state index contributed by atoms with van der Waals surface area (Å²) in [5.74, 6) is 0.832. The number of aromatic nitrogens is 1. The van der Waals surface area contributed by atoms with Crippen LogP contribution in [0.3, 0.4) is 0 Å². The molecular formula is C15H21N3O. The van der Waals surface area contributed by atoms with Gasteiger partial charge in [-0.2, -0.15) is 0 Å². The molecule has 0 aliphatic rings. The van der Waals surface area contributed by atoms with Gasteiger partial charge in [0.2, 0.25) is 0 Å². The summed E-state index contributed by atoms with van der Waals surface area (Å²) in [5.41, 5.74) is 7.47. The predicted octanol–water partition coefficient (Wildman–Crippen LogP) is 1.90. The second-order valence-electron chi connectivity index (χ2n) is 5.39. The van der Waals surface area contributed by atoms with E-state index in [0.717, 1.165) is 22.3 Å². The molecule has 0 saturated carbocycles. The molecule has 0 spiro atoms. The lowest BCUT2D eigenvalue weighted by Gasteiger charge is -2.35. The van der Waals surface area contributed by atoms with Crippen molar-refractivity contribution in [3.8, 4) is 0 Å². The number of nitrogens with zero attached hydrogens (tertiary/aromatic N) is 2. The van der Waals surface area contributed by atoms with Crippen molar-refractivity contribution in [3.63, 3.8) is 0 Å². The minimum absolute atomic E-state index is 0.0654. The summed E-state index contributed by atoms with van der Waals surface area (Å²) >= 11 is 0. The fourth-order valence-corrected chi connectivity index (χ4v) is 1.99. The van der Waals surface area contributed by atoms with Crippen LogP contribution in [0.2, 0.25) is 0 Å². The molecule has 2 rings (SSSR count). The Morgan fingerprint density at radius 1 is 1.32 bits per heavy atom. The largest absolute Gasteiger partial charge is 0.394 e. The lowest BCUT2D eigenvalue weighted by molar-refractivity contribution is 0.215. The van der Waals surface area contributed by atoms with Crippen LogP contribution in [0.15, 0.2) is 30.3 Å². The topological polar surface area (TPSA) is 62.4 Å². The van der Waals surface area contributed by atoms with Crippen LogP contribution < -0.4 is 10.6 Å². The van der Waals surface area contributed by atoms with Crippen molar-refractivity contribution in [1.29, 1.82) is 0 Å². The van der Waals surface area contributed by atoms with Gasteiger partial charge in [-0.15, -0.1) is 0 Å². The Balaban J connectivity index is 2.56. The molecule has 0 radical (unpaired) electrons. The summed E-state index contributed by atoms with van der Waals surface area (Å²) in [5, 5.41) is 10.6.